The Kier molecular flexibility index (Phi) is 2.89. The molecule has 1 aromatic heterocycles. The van der Waals surface area contributed by atoms with Crippen LogP contribution < -0.4 is 0 Å². The van der Waals surface area contributed by atoms with Gasteiger partial charge in [0.2, 0.25) is 0 Å². The fourth-order valence-electron chi connectivity index (χ4n) is 1.96. The fraction of sp³-hybridized carbons (Fsp3) is 0.667. The summed E-state index contributed by atoms with van der Waals surface area (Å²) in [5.74, 6) is 0.576. The molecule has 0 spiro atoms. The molecule has 15 heavy (non-hydrogen) atoms. The van der Waals surface area contributed by atoms with Crippen molar-refractivity contribution in [3.63, 3.8) is 0 Å². The van der Waals surface area contributed by atoms with E-state index in [0.29, 0.717) is 5.78 Å². The van der Waals surface area contributed by atoms with E-state index in [1.807, 2.05) is 17.7 Å². The molecule has 0 aromatic carbocycles. The van der Waals surface area contributed by atoms with Gasteiger partial charge in [-0.25, -0.2) is 0 Å². The largest absolute Gasteiger partial charge is 0.292 e. The number of rotatable bonds is 4. The molecule has 1 aliphatic rings. The number of hydrogen-bond donors (Lipinski definition) is 0. The molecule has 0 aliphatic heterocycles. The van der Waals surface area contributed by atoms with E-state index in [1.54, 1.807) is 0 Å². The van der Waals surface area contributed by atoms with Gasteiger partial charge >= 0.3 is 0 Å². The predicted octanol–water partition coefficient (Wildman–Crippen LogP) is 2.45. The lowest BCUT2D eigenvalue weighted by molar-refractivity contribution is 0.0844. The van der Waals surface area contributed by atoms with E-state index < -0.39 is 0 Å². The van der Waals surface area contributed by atoms with Crippen LogP contribution in [0.3, 0.4) is 0 Å². The molecule has 0 amide bonds. The van der Waals surface area contributed by atoms with Crippen molar-refractivity contribution in [2.45, 2.75) is 46.1 Å². The highest BCUT2D eigenvalue weighted by atomic mass is 16.1. The summed E-state index contributed by atoms with van der Waals surface area (Å²) in [5, 5.41) is 4.40. The summed E-state index contributed by atoms with van der Waals surface area (Å²) in [6, 6.07) is 1.96. The van der Waals surface area contributed by atoms with Crippen LogP contribution in [0.2, 0.25) is 0 Å². The van der Waals surface area contributed by atoms with Crippen LogP contribution in [-0.4, -0.2) is 15.6 Å². The molecule has 1 heterocycles. The standard InChI is InChI=1S/C12H18N2O/c1-3-10-8-11(14(4-2)13-10)12(15)9-6-5-7-9/h8-9H,3-7H2,1-2H3. The molecule has 1 aromatic rings. The topological polar surface area (TPSA) is 34.9 Å². The number of Topliss-reactive ketones (excluding diaryl/α,β-unsaturated/α-hetero) is 1. The third-order valence-corrected chi connectivity index (χ3v) is 3.22. The van der Waals surface area contributed by atoms with Gasteiger partial charge in [-0.3, -0.25) is 9.48 Å². The van der Waals surface area contributed by atoms with Crippen LogP contribution in [0.15, 0.2) is 6.07 Å². The quantitative estimate of drug-likeness (QED) is 0.709. The van der Waals surface area contributed by atoms with Crippen LogP contribution >= 0.6 is 0 Å². The van der Waals surface area contributed by atoms with E-state index in [0.717, 1.165) is 37.2 Å². The van der Waals surface area contributed by atoms with E-state index in [1.165, 1.54) is 6.42 Å². The number of carbonyl (C=O) groups excluding carboxylic acids is 1. The lowest BCUT2D eigenvalue weighted by Gasteiger charge is -2.23. The van der Waals surface area contributed by atoms with Crippen molar-refractivity contribution in [3.05, 3.63) is 17.5 Å². The fourth-order valence-corrected chi connectivity index (χ4v) is 1.96. The van der Waals surface area contributed by atoms with Gasteiger partial charge in [-0.05, 0) is 32.3 Å². The zero-order valence-electron chi connectivity index (χ0n) is 9.49. The summed E-state index contributed by atoms with van der Waals surface area (Å²) in [7, 11) is 0. The molecular formula is C12H18N2O. The highest BCUT2D eigenvalue weighted by Crippen LogP contribution is 2.29. The molecule has 0 saturated heterocycles. The Morgan fingerprint density at radius 1 is 1.53 bits per heavy atom. The number of aromatic nitrogens is 2. The number of ketones is 1. The second kappa shape index (κ2) is 4.17. The van der Waals surface area contributed by atoms with E-state index in [9.17, 15) is 4.79 Å². The summed E-state index contributed by atoms with van der Waals surface area (Å²) < 4.78 is 1.85. The second-order valence-corrected chi connectivity index (χ2v) is 4.18. The van der Waals surface area contributed by atoms with Crippen LogP contribution in [0.5, 0.6) is 0 Å². The molecular weight excluding hydrogens is 188 g/mol. The molecule has 0 bridgehead atoms. The molecule has 1 fully saturated rings. The molecule has 1 saturated carbocycles. The van der Waals surface area contributed by atoms with E-state index in [4.69, 9.17) is 0 Å². The molecule has 3 nitrogen and oxygen atoms in total. The summed E-state index contributed by atoms with van der Waals surface area (Å²) in [4.78, 5) is 12.1. The average Bonchev–Trinajstić information content (AvgIpc) is 2.57. The van der Waals surface area contributed by atoms with Crippen LogP contribution in [0, 0.1) is 5.92 Å². The molecule has 0 radical (unpaired) electrons. The first-order valence-corrected chi connectivity index (χ1v) is 5.87. The average molecular weight is 206 g/mol. The maximum Gasteiger partial charge on any atom is 0.183 e. The lowest BCUT2D eigenvalue weighted by Crippen LogP contribution is -2.24. The van der Waals surface area contributed by atoms with Gasteiger partial charge in [0.15, 0.2) is 5.78 Å². The first-order valence-electron chi connectivity index (χ1n) is 5.87. The van der Waals surface area contributed by atoms with Crippen LogP contribution in [0.1, 0.15) is 49.3 Å². The predicted molar refractivity (Wildman–Crippen MR) is 59.0 cm³/mol. The summed E-state index contributed by atoms with van der Waals surface area (Å²) in [5.41, 5.74) is 1.85. The molecule has 2 rings (SSSR count). The van der Waals surface area contributed by atoms with Crippen molar-refractivity contribution >= 4 is 5.78 Å². The maximum atomic E-state index is 12.1. The minimum Gasteiger partial charge on any atom is -0.292 e. The zero-order valence-corrected chi connectivity index (χ0v) is 9.49. The molecule has 0 atom stereocenters. The van der Waals surface area contributed by atoms with E-state index in [-0.39, 0.29) is 5.92 Å². The number of carbonyl (C=O) groups is 1. The molecule has 82 valence electrons. The monoisotopic (exact) mass is 206 g/mol. The Balaban J connectivity index is 2.24. The van der Waals surface area contributed by atoms with Crippen molar-refractivity contribution in [1.29, 1.82) is 0 Å². The first-order chi connectivity index (χ1) is 7.26. The van der Waals surface area contributed by atoms with Gasteiger partial charge in [0.25, 0.3) is 0 Å². The zero-order chi connectivity index (χ0) is 10.8. The van der Waals surface area contributed by atoms with Gasteiger partial charge in [0.05, 0.1) is 5.69 Å². The minimum atomic E-state index is 0.275. The third kappa shape index (κ3) is 1.83. The van der Waals surface area contributed by atoms with Gasteiger partial charge in [0, 0.05) is 12.5 Å². The van der Waals surface area contributed by atoms with Gasteiger partial charge in [-0.2, -0.15) is 5.10 Å². The number of aryl methyl sites for hydroxylation is 2. The highest BCUT2D eigenvalue weighted by molar-refractivity contribution is 5.96. The Bertz CT molecular complexity index is 364. The minimum absolute atomic E-state index is 0.275. The Labute approximate surface area is 90.5 Å². The Hall–Kier alpha value is -1.12. The maximum absolute atomic E-state index is 12.1. The summed E-state index contributed by atoms with van der Waals surface area (Å²) >= 11 is 0. The van der Waals surface area contributed by atoms with Crippen molar-refractivity contribution in [1.82, 2.24) is 9.78 Å². The van der Waals surface area contributed by atoms with Crippen molar-refractivity contribution in [2.24, 2.45) is 5.92 Å². The summed E-state index contributed by atoms with van der Waals surface area (Å²) in [6.07, 6.45) is 4.24. The van der Waals surface area contributed by atoms with Gasteiger partial charge < -0.3 is 0 Å². The number of nitrogens with zero attached hydrogens (tertiary/aromatic N) is 2. The van der Waals surface area contributed by atoms with Gasteiger partial charge in [-0.15, -0.1) is 0 Å². The molecule has 0 unspecified atom stereocenters. The van der Waals surface area contributed by atoms with Crippen molar-refractivity contribution < 1.29 is 4.79 Å². The van der Waals surface area contributed by atoms with Crippen LogP contribution in [0.4, 0.5) is 0 Å². The lowest BCUT2D eigenvalue weighted by atomic mass is 9.81. The van der Waals surface area contributed by atoms with Gasteiger partial charge in [-0.1, -0.05) is 13.3 Å². The third-order valence-electron chi connectivity index (χ3n) is 3.22. The normalized spacial score (nSPS) is 16.4. The molecule has 3 heteroatoms. The smallest absolute Gasteiger partial charge is 0.183 e. The summed E-state index contributed by atoms with van der Waals surface area (Å²) in [6.45, 7) is 4.89. The Morgan fingerprint density at radius 2 is 2.27 bits per heavy atom. The van der Waals surface area contributed by atoms with E-state index in [2.05, 4.69) is 12.0 Å². The van der Waals surface area contributed by atoms with Crippen LogP contribution in [0.25, 0.3) is 0 Å². The number of hydrogen-bond acceptors (Lipinski definition) is 2. The molecule has 0 N–H and O–H groups in total. The van der Waals surface area contributed by atoms with Crippen LogP contribution in [-0.2, 0) is 13.0 Å². The second-order valence-electron chi connectivity index (χ2n) is 4.18. The van der Waals surface area contributed by atoms with Crippen molar-refractivity contribution in [2.75, 3.05) is 0 Å². The van der Waals surface area contributed by atoms with E-state index >= 15 is 0 Å². The SMILES string of the molecule is CCc1cc(C(=O)C2CCC2)n(CC)n1. The van der Waals surface area contributed by atoms with Gasteiger partial charge in [0.1, 0.15) is 5.69 Å². The Morgan fingerprint density at radius 3 is 2.73 bits per heavy atom. The van der Waals surface area contributed by atoms with Crippen molar-refractivity contribution in [3.8, 4) is 0 Å². The molecule has 1 aliphatic carbocycles. The highest BCUT2D eigenvalue weighted by Gasteiger charge is 2.28. The first kappa shape index (κ1) is 10.4.